The molecule has 2 amide bonds. The highest BCUT2D eigenvalue weighted by Crippen LogP contribution is 2.55. The molecule has 3 aromatic carbocycles. The van der Waals surface area contributed by atoms with Crippen LogP contribution < -0.4 is 24.8 Å². The minimum absolute atomic E-state index is 0.0872. The number of anilines is 2. The number of methoxy groups -OCH3 is 2. The molecule has 0 aromatic heterocycles. The van der Waals surface area contributed by atoms with Crippen LogP contribution in [0.5, 0.6) is 17.2 Å². The number of rotatable bonds is 9. The molecule has 0 bridgehead atoms. The van der Waals surface area contributed by atoms with Crippen LogP contribution in [0, 0.1) is 0 Å². The largest absolute Gasteiger partial charge is 0.496 e. The van der Waals surface area contributed by atoms with Crippen molar-refractivity contribution in [2.75, 3.05) is 24.9 Å². The summed E-state index contributed by atoms with van der Waals surface area (Å²) < 4.78 is 135. The van der Waals surface area contributed by atoms with E-state index >= 15 is 0 Å². The molecule has 17 heteroatoms. The van der Waals surface area contributed by atoms with Crippen LogP contribution in [0.1, 0.15) is 26.3 Å². The van der Waals surface area contributed by atoms with Gasteiger partial charge in [-0.25, -0.2) is 4.39 Å². The molecule has 2 N–H and O–H groups in total. The van der Waals surface area contributed by atoms with Crippen molar-refractivity contribution in [2.45, 2.75) is 24.6 Å². The first-order valence-electron chi connectivity index (χ1n) is 11.5. The highest BCUT2D eigenvalue weighted by atomic mass is 35.5. The van der Waals surface area contributed by atoms with Gasteiger partial charge in [0.25, 0.3) is 11.8 Å². The van der Waals surface area contributed by atoms with E-state index in [2.05, 4.69) is 10.1 Å². The van der Waals surface area contributed by atoms with E-state index in [4.69, 9.17) is 21.1 Å². The van der Waals surface area contributed by atoms with Crippen molar-refractivity contribution in [1.29, 1.82) is 0 Å². The predicted molar refractivity (Wildman–Crippen MR) is 135 cm³/mol. The van der Waals surface area contributed by atoms with Gasteiger partial charge in [-0.2, -0.15) is 35.1 Å². The first-order chi connectivity index (χ1) is 20.0. The lowest BCUT2D eigenvalue weighted by atomic mass is 9.93. The summed E-state index contributed by atoms with van der Waals surface area (Å²) in [6, 6.07) is 9.30. The lowest BCUT2D eigenvalue weighted by Crippen LogP contribution is -2.50. The second kappa shape index (κ2) is 12.5. The fourth-order valence-corrected chi connectivity index (χ4v) is 4.07. The number of carbonyl (C=O) groups excluding carboxylic acids is 2. The van der Waals surface area contributed by atoms with Gasteiger partial charge in [0, 0.05) is 5.56 Å². The Morgan fingerprint density at radius 3 is 1.91 bits per heavy atom. The van der Waals surface area contributed by atoms with Crippen LogP contribution in [0.3, 0.4) is 0 Å². The molecule has 3 rings (SSSR count). The Labute approximate surface area is 241 Å². The number of alkyl halides is 9. The van der Waals surface area contributed by atoms with Gasteiger partial charge in [-0.1, -0.05) is 29.8 Å². The normalized spacial score (nSPS) is 12.1. The molecule has 0 saturated heterocycles. The third-order valence-corrected chi connectivity index (χ3v) is 6.05. The topological polar surface area (TPSA) is 85.9 Å². The van der Waals surface area contributed by atoms with E-state index in [1.807, 2.05) is 5.32 Å². The summed E-state index contributed by atoms with van der Waals surface area (Å²) in [7, 11) is 2.41. The minimum atomic E-state index is -6.59. The monoisotopic (exact) mass is 644 g/mol. The van der Waals surface area contributed by atoms with E-state index in [1.54, 1.807) is 12.1 Å². The van der Waals surface area contributed by atoms with E-state index in [0.29, 0.717) is 0 Å². The Balaban J connectivity index is 2.05. The summed E-state index contributed by atoms with van der Waals surface area (Å²) in [5.41, 5.74) is -9.70. The van der Waals surface area contributed by atoms with Gasteiger partial charge in [0.2, 0.25) is 0 Å². The van der Waals surface area contributed by atoms with E-state index in [9.17, 15) is 49.1 Å². The van der Waals surface area contributed by atoms with Crippen molar-refractivity contribution in [3.05, 3.63) is 76.3 Å². The third kappa shape index (κ3) is 6.68. The SMILES string of the molecule is COc1ccccc1C(=O)Nc1cccc(C(=O)Nc2c(Cl)cc(C(F)(C(F)(F)F)C(F)(F)F)cc2OC(F)F)c1OC. The Bertz CT molecular complexity index is 1500. The van der Waals surface area contributed by atoms with Gasteiger partial charge in [0.1, 0.15) is 11.4 Å². The maximum Gasteiger partial charge on any atom is 0.435 e. The number of hydrogen-bond acceptors (Lipinski definition) is 5. The number of para-hydroxylation sites is 2. The van der Waals surface area contributed by atoms with Gasteiger partial charge in [-0.15, -0.1) is 0 Å². The molecule has 0 aliphatic carbocycles. The first kappa shape index (κ1) is 33.2. The third-order valence-electron chi connectivity index (χ3n) is 5.75. The second-order valence-electron chi connectivity index (χ2n) is 8.36. The molecule has 43 heavy (non-hydrogen) atoms. The predicted octanol–water partition coefficient (Wildman–Crippen LogP) is 7.75. The number of halogens is 10. The lowest BCUT2D eigenvalue weighted by Gasteiger charge is -2.31. The number of benzene rings is 3. The molecule has 0 spiro atoms. The molecule has 232 valence electrons. The first-order valence-corrected chi connectivity index (χ1v) is 11.9. The minimum Gasteiger partial charge on any atom is -0.496 e. The molecular formula is C26H18ClF9N2O5. The van der Waals surface area contributed by atoms with E-state index in [1.165, 1.54) is 31.4 Å². The van der Waals surface area contributed by atoms with Crippen molar-refractivity contribution < 1.29 is 63.3 Å². The molecule has 7 nitrogen and oxygen atoms in total. The standard InChI is InChI=1S/C26H18ClF9N2O5/c1-41-17-9-4-3-6-13(17)21(39)37-16-8-5-7-14(20(16)42-2)22(40)38-19-15(27)10-12(11-18(19)43-23(28)29)24(30,25(31,32)33)26(34,35)36/h3-11,23H,1-2H3,(H,37,39)(H,38,40). The zero-order chi connectivity index (χ0) is 32.3. The Hall–Kier alpha value is -4.34. The zero-order valence-corrected chi connectivity index (χ0v) is 22.4. The van der Waals surface area contributed by atoms with Gasteiger partial charge >= 0.3 is 24.6 Å². The Kier molecular flexibility index (Phi) is 9.63. The number of ether oxygens (including phenoxy) is 3. The lowest BCUT2D eigenvalue weighted by molar-refractivity contribution is -0.348. The molecule has 3 aromatic rings. The van der Waals surface area contributed by atoms with Crippen LogP contribution in [0.15, 0.2) is 54.6 Å². The van der Waals surface area contributed by atoms with Crippen LogP contribution >= 0.6 is 11.6 Å². The molecule has 0 unspecified atom stereocenters. The van der Waals surface area contributed by atoms with Crippen LogP contribution in [0.25, 0.3) is 0 Å². The van der Waals surface area contributed by atoms with Gasteiger partial charge in [0.05, 0.1) is 36.1 Å². The van der Waals surface area contributed by atoms with Gasteiger partial charge < -0.3 is 24.8 Å². The summed E-state index contributed by atoms with van der Waals surface area (Å²) in [6.45, 7) is -3.85. The molecule has 0 radical (unpaired) electrons. The molecular weight excluding hydrogens is 627 g/mol. The maximum atomic E-state index is 14.6. The molecule has 0 aliphatic rings. The summed E-state index contributed by atoms with van der Waals surface area (Å²) in [5.74, 6) is -3.57. The Morgan fingerprint density at radius 2 is 1.35 bits per heavy atom. The maximum absolute atomic E-state index is 14.6. The van der Waals surface area contributed by atoms with Gasteiger partial charge in [-0.3, -0.25) is 9.59 Å². The summed E-state index contributed by atoms with van der Waals surface area (Å²) in [5, 5.41) is 3.21. The summed E-state index contributed by atoms with van der Waals surface area (Å²) >= 11 is 5.78. The highest BCUT2D eigenvalue weighted by molar-refractivity contribution is 6.34. The highest BCUT2D eigenvalue weighted by Gasteiger charge is 2.73. The van der Waals surface area contributed by atoms with E-state index in [0.717, 1.165) is 13.2 Å². The van der Waals surface area contributed by atoms with Crippen LogP contribution in [0.2, 0.25) is 5.02 Å². The van der Waals surface area contributed by atoms with Crippen molar-refractivity contribution >= 4 is 34.8 Å². The van der Waals surface area contributed by atoms with E-state index in [-0.39, 0.29) is 34.9 Å². The number of nitrogens with one attached hydrogen (secondary N) is 2. The van der Waals surface area contributed by atoms with Crippen molar-refractivity contribution in [3.63, 3.8) is 0 Å². The quantitative estimate of drug-likeness (QED) is 0.233. The number of carbonyl (C=O) groups is 2. The van der Waals surface area contributed by atoms with Gasteiger partial charge in [0.15, 0.2) is 11.5 Å². The average Bonchev–Trinajstić information content (AvgIpc) is 2.92. The van der Waals surface area contributed by atoms with Crippen LogP contribution in [0.4, 0.5) is 50.9 Å². The molecule has 0 atom stereocenters. The fourth-order valence-electron chi connectivity index (χ4n) is 3.82. The van der Waals surface area contributed by atoms with Crippen molar-refractivity contribution in [3.8, 4) is 17.2 Å². The van der Waals surface area contributed by atoms with E-state index < -0.39 is 64.0 Å². The Morgan fingerprint density at radius 1 is 0.767 bits per heavy atom. The average molecular weight is 645 g/mol. The molecule has 0 saturated carbocycles. The van der Waals surface area contributed by atoms with Gasteiger partial charge in [-0.05, 0) is 36.4 Å². The number of hydrogen-bond donors (Lipinski definition) is 2. The smallest absolute Gasteiger partial charge is 0.435 e. The fraction of sp³-hybridized carbons (Fsp3) is 0.231. The van der Waals surface area contributed by atoms with Crippen LogP contribution in [-0.4, -0.2) is 45.0 Å². The molecule has 0 heterocycles. The van der Waals surface area contributed by atoms with Crippen molar-refractivity contribution in [2.24, 2.45) is 0 Å². The van der Waals surface area contributed by atoms with Crippen molar-refractivity contribution in [1.82, 2.24) is 0 Å². The second-order valence-corrected chi connectivity index (χ2v) is 8.77. The summed E-state index contributed by atoms with van der Waals surface area (Å²) in [4.78, 5) is 26.0. The molecule has 0 fully saturated rings. The zero-order valence-electron chi connectivity index (χ0n) is 21.6. The number of amides is 2. The summed E-state index contributed by atoms with van der Waals surface area (Å²) in [6.07, 6.45) is -13.2. The molecule has 0 aliphatic heterocycles. The van der Waals surface area contributed by atoms with Crippen LogP contribution in [-0.2, 0) is 5.67 Å².